The number of rotatable bonds is 7. The first-order chi connectivity index (χ1) is 8.74. The van der Waals surface area contributed by atoms with E-state index in [1.807, 2.05) is 6.92 Å². The smallest absolute Gasteiger partial charge is 0.0662 e. The Hall–Kier alpha value is -0.420. The quantitative estimate of drug-likeness (QED) is 0.489. The number of aliphatic hydroxyl groups is 3. The zero-order valence-corrected chi connectivity index (χ0v) is 12.7. The highest BCUT2D eigenvalue weighted by atomic mass is 16.5. The van der Waals surface area contributed by atoms with E-state index < -0.39 is 0 Å². The van der Waals surface area contributed by atoms with Gasteiger partial charge in [-0.05, 0) is 19.8 Å². The molecule has 0 rings (SSSR count). The number of hydrogen-bond donors (Lipinski definition) is 3. The number of allylic oxidation sites excluding steroid dienone is 1. The van der Waals surface area contributed by atoms with Crippen molar-refractivity contribution >= 4 is 0 Å². The van der Waals surface area contributed by atoms with Crippen molar-refractivity contribution in [3.63, 3.8) is 0 Å². The van der Waals surface area contributed by atoms with Crippen LogP contribution in [0.5, 0.6) is 0 Å². The summed E-state index contributed by atoms with van der Waals surface area (Å²) in [6.07, 6.45) is 6.66. The molecule has 0 aromatic rings. The van der Waals surface area contributed by atoms with Crippen molar-refractivity contribution in [2.75, 3.05) is 33.5 Å². The summed E-state index contributed by atoms with van der Waals surface area (Å²) in [5, 5.41) is 22.2. The lowest BCUT2D eigenvalue weighted by Gasteiger charge is -1.99. The van der Waals surface area contributed by atoms with Crippen LogP contribution in [0.15, 0.2) is 12.7 Å². The van der Waals surface area contributed by atoms with E-state index in [4.69, 9.17) is 20.1 Å². The molecule has 0 fully saturated rings. The fourth-order valence-corrected chi connectivity index (χ4v) is 0.595. The summed E-state index contributed by atoms with van der Waals surface area (Å²) in [5.41, 5.74) is 0. The second-order valence-electron chi connectivity index (χ2n) is 3.17. The van der Waals surface area contributed by atoms with Gasteiger partial charge in [0.05, 0.1) is 13.2 Å². The van der Waals surface area contributed by atoms with Crippen LogP contribution < -0.4 is 0 Å². The van der Waals surface area contributed by atoms with Gasteiger partial charge in [-0.25, -0.2) is 0 Å². The average molecular weight is 266 g/mol. The van der Waals surface area contributed by atoms with Crippen LogP contribution in [0.4, 0.5) is 0 Å². The van der Waals surface area contributed by atoms with Gasteiger partial charge in [0.25, 0.3) is 0 Å². The molecule has 0 heterocycles. The molecule has 0 aliphatic heterocycles. The fraction of sp³-hybridized carbons (Fsp3) is 0.857. The molecule has 0 aliphatic rings. The Bertz CT molecular complexity index is 89.8. The van der Waals surface area contributed by atoms with Crippen LogP contribution in [0.2, 0.25) is 0 Å². The van der Waals surface area contributed by atoms with Gasteiger partial charge >= 0.3 is 0 Å². The monoisotopic (exact) mass is 266 g/mol. The molecule has 4 heteroatoms. The van der Waals surface area contributed by atoms with E-state index in [1.54, 1.807) is 6.08 Å². The van der Waals surface area contributed by atoms with Crippen molar-refractivity contribution in [2.45, 2.75) is 46.5 Å². The molecule has 0 amide bonds. The normalized spacial score (nSPS) is 7.72. The topological polar surface area (TPSA) is 69.9 Å². The van der Waals surface area contributed by atoms with Gasteiger partial charge in [-0.1, -0.05) is 32.8 Å². The summed E-state index contributed by atoms with van der Waals surface area (Å²) in [6, 6.07) is 0. The van der Waals surface area contributed by atoms with E-state index in [0.717, 1.165) is 20.3 Å². The fourth-order valence-electron chi connectivity index (χ4n) is 0.595. The Kier molecular flexibility index (Phi) is 63.8. The number of unbranched alkanes of at least 4 members (excludes halogenated alkanes) is 2. The molecule has 0 bridgehead atoms. The van der Waals surface area contributed by atoms with Crippen molar-refractivity contribution in [3.8, 4) is 0 Å². The lowest BCUT2D eigenvalue weighted by Crippen LogP contribution is -1.95. The minimum atomic E-state index is -0.125. The summed E-state index contributed by atoms with van der Waals surface area (Å²) < 4.78 is 5.31. The third kappa shape index (κ3) is 76.5. The van der Waals surface area contributed by atoms with Gasteiger partial charge in [0.15, 0.2) is 0 Å². The molecule has 0 aliphatic carbocycles. The van der Waals surface area contributed by atoms with Gasteiger partial charge in [0, 0.05) is 20.3 Å². The Labute approximate surface area is 113 Å². The van der Waals surface area contributed by atoms with E-state index in [1.165, 1.54) is 25.7 Å². The van der Waals surface area contributed by atoms with Crippen LogP contribution >= 0.6 is 0 Å². The van der Waals surface area contributed by atoms with E-state index in [2.05, 4.69) is 20.4 Å². The molecule has 4 nitrogen and oxygen atoms in total. The summed E-state index contributed by atoms with van der Waals surface area (Å²) in [7, 11) is 1.00. The highest BCUT2D eigenvalue weighted by Gasteiger charge is 1.84. The average Bonchev–Trinajstić information content (AvgIpc) is 2.42. The van der Waals surface area contributed by atoms with Crippen molar-refractivity contribution in [3.05, 3.63) is 12.7 Å². The Morgan fingerprint density at radius 1 is 0.944 bits per heavy atom. The van der Waals surface area contributed by atoms with Gasteiger partial charge in [0.1, 0.15) is 0 Å². The van der Waals surface area contributed by atoms with Crippen LogP contribution in [0.3, 0.4) is 0 Å². The Morgan fingerprint density at radius 3 is 1.39 bits per heavy atom. The van der Waals surface area contributed by atoms with Gasteiger partial charge in [-0.3, -0.25) is 0 Å². The second-order valence-corrected chi connectivity index (χ2v) is 3.17. The van der Waals surface area contributed by atoms with Crippen molar-refractivity contribution in [2.24, 2.45) is 0 Å². The van der Waals surface area contributed by atoms with E-state index in [0.29, 0.717) is 0 Å². The molecule has 0 saturated carbocycles. The maximum atomic E-state index is 7.62. The first kappa shape index (κ1) is 26.2. The summed E-state index contributed by atoms with van der Waals surface area (Å²) >= 11 is 0. The molecular weight excluding hydrogens is 232 g/mol. The van der Waals surface area contributed by atoms with Gasteiger partial charge < -0.3 is 20.1 Å². The van der Waals surface area contributed by atoms with Crippen molar-refractivity contribution in [1.82, 2.24) is 0 Å². The van der Waals surface area contributed by atoms with E-state index in [-0.39, 0.29) is 13.2 Å². The second kappa shape index (κ2) is 43.9. The molecule has 0 spiro atoms. The Morgan fingerprint density at radius 2 is 1.22 bits per heavy atom. The van der Waals surface area contributed by atoms with Crippen LogP contribution in [0, 0.1) is 0 Å². The summed E-state index contributed by atoms with van der Waals surface area (Å²) in [6.45, 7) is 11.3. The van der Waals surface area contributed by atoms with Crippen LogP contribution in [-0.4, -0.2) is 48.9 Å². The van der Waals surface area contributed by atoms with Crippen LogP contribution in [-0.2, 0) is 4.74 Å². The predicted octanol–water partition coefficient (Wildman–Crippen LogP) is 2.38. The maximum absolute atomic E-state index is 7.62. The maximum Gasteiger partial charge on any atom is 0.0662 e. The number of aliphatic hydroxyl groups excluding tert-OH is 3. The van der Waals surface area contributed by atoms with Crippen LogP contribution in [0.1, 0.15) is 46.5 Å². The van der Waals surface area contributed by atoms with Gasteiger partial charge in [-0.15, -0.1) is 6.58 Å². The summed E-state index contributed by atoms with van der Waals surface area (Å²) in [4.78, 5) is 0. The highest BCUT2D eigenvalue weighted by Crippen LogP contribution is 1.91. The number of hydrogen-bond acceptors (Lipinski definition) is 4. The van der Waals surface area contributed by atoms with Crippen LogP contribution in [0.25, 0.3) is 0 Å². The largest absolute Gasteiger partial charge is 0.400 e. The highest BCUT2D eigenvalue weighted by molar-refractivity contribution is 4.51. The molecule has 0 radical (unpaired) electrons. The molecule has 0 saturated heterocycles. The number of ether oxygens (including phenoxy) is 1. The van der Waals surface area contributed by atoms with Gasteiger partial charge in [-0.2, -0.15) is 0 Å². The van der Waals surface area contributed by atoms with Crippen molar-refractivity contribution in [1.29, 1.82) is 0 Å². The predicted molar refractivity (Wildman–Crippen MR) is 78.8 cm³/mol. The van der Waals surface area contributed by atoms with Crippen molar-refractivity contribution < 1.29 is 20.1 Å². The molecule has 0 atom stereocenters. The molecular formula is C14H34O4. The third-order valence-corrected chi connectivity index (χ3v) is 1.38. The van der Waals surface area contributed by atoms with E-state index >= 15 is 0 Å². The lowest BCUT2D eigenvalue weighted by atomic mass is 10.3. The Balaban J connectivity index is -0.0000000909. The van der Waals surface area contributed by atoms with E-state index in [9.17, 15) is 0 Å². The third-order valence-electron chi connectivity index (χ3n) is 1.38. The molecule has 3 N–H and O–H groups in total. The first-order valence-corrected chi connectivity index (χ1v) is 6.56. The molecule has 0 aromatic carbocycles. The molecule has 0 aromatic heterocycles. The summed E-state index contributed by atoms with van der Waals surface area (Å²) in [5.74, 6) is 0. The minimum Gasteiger partial charge on any atom is -0.400 e. The first-order valence-electron chi connectivity index (χ1n) is 6.56. The zero-order chi connectivity index (χ0) is 15.1. The zero-order valence-electron chi connectivity index (χ0n) is 12.7. The lowest BCUT2D eigenvalue weighted by molar-refractivity contribution is 0.128. The molecule has 18 heavy (non-hydrogen) atoms. The molecule has 0 unspecified atom stereocenters. The SMILES string of the molecule is C=CC.CCCCOCCCC.CO.OCCO. The van der Waals surface area contributed by atoms with Gasteiger partial charge in [0.2, 0.25) is 0 Å². The molecule has 114 valence electrons. The minimum absolute atomic E-state index is 0.125. The standard InChI is InChI=1S/C8H18O.C3H6.C2H6O2.CH4O/c1-3-5-7-9-8-6-4-2;1-3-2;3-1-2-4;1-2/h3-8H2,1-2H3;3H,1H2,2H3;3-4H,1-2H2;2H,1H3.